The summed E-state index contributed by atoms with van der Waals surface area (Å²) in [5, 5.41) is 0. The van der Waals surface area contributed by atoms with Gasteiger partial charge in [0.25, 0.3) is 0 Å². The highest BCUT2D eigenvalue weighted by molar-refractivity contribution is 5.97. The lowest BCUT2D eigenvalue weighted by molar-refractivity contribution is 0.396. The van der Waals surface area contributed by atoms with Gasteiger partial charge in [0.2, 0.25) is 5.88 Å². The highest BCUT2D eigenvalue weighted by atomic mass is 19.1. The summed E-state index contributed by atoms with van der Waals surface area (Å²) in [6.45, 7) is 1.92. The van der Waals surface area contributed by atoms with E-state index in [4.69, 9.17) is 15.5 Å². The fourth-order valence-corrected chi connectivity index (χ4v) is 3.84. The van der Waals surface area contributed by atoms with Crippen molar-refractivity contribution >= 4 is 16.7 Å². The van der Waals surface area contributed by atoms with Crippen LogP contribution >= 0.6 is 0 Å². The number of hydrogen-bond acceptors (Lipinski definition) is 5. The van der Waals surface area contributed by atoms with Crippen LogP contribution in [0.5, 0.6) is 5.88 Å². The molecule has 0 spiro atoms. The van der Waals surface area contributed by atoms with Crippen LogP contribution in [0, 0.1) is 12.7 Å². The van der Waals surface area contributed by atoms with Crippen LogP contribution in [-0.4, -0.2) is 31.2 Å². The Balaban J connectivity index is 1.62. The standard InChI is InChI=1S/C24H21FN6O/c1-14-12-31(13-27-14)20-11-9-18(28-24(20)32-3)17-8-10-19-22(21(17)26)29-23(30(19)2)15-4-6-16(25)7-5-15/h4-13H,26H2,1-3H3. The Morgan fingerprint density at radius 1 is 1.00 bits per heavy atom. The number of nitrogens with two attached hydrogens (primary N) is 1. The maximum Gasteiger partial charge on any atom is 0.238 e. The smallest absolute Gasteiger partial charge is 0.238 e. The summed E-state index contributed by atoms with van der Waals surface area (Å²) in [5.74, 6) is 0.885. The second-order valence-electron chi connectivity index (χ2n) is 7.54. The van der Waals surface area contributed by atoms with E-state index < -0.39 is 0 Å². The molecule has 0 aliphatic carbocycles. The Hall–Kier alpha value is -4.20. The van der Waals surface area contributed by atoms with E-state index in [1.807, 2.05) is 53.6 Å². The van der Waals surface area contributed by atoms with Crippen LogP contribution in [-0.2, 0) is 7.05 Å². The average molecular weight is 428 g/mol. The van der Waals surface area contributed by atoms with Crippen molar-refractivity contribution in [2.45, 2.75) is 6.92 Å². The predicted molar refractivity (Wildman–Crippen MR) is 122 cm³/mol. The zero-order valence-electron chi connectivity index (χ0n) is 17.9. The van der Waals surface area contributed by atoms with Crippen molar-refractivity contribution in [3.8, 4) is 34.2 Å². The highest BCUT2D eigenvalue weighted by Crippen LogP contribution is 2.35. The van der Waals surface area contributed by atoms with Gasteiger partial charge in [-0.1, -0.05) is 0 Å². The maximum absolute atomic E-state index is 13.3. The van der Waals surface area contributed by atoms with Crippen LogP contribution in [0.25, 0.3) is 39.4 Å². The predicted octanol–water partition coefficient (Wildman–Crippen LogP) is 4.53. The number of nitrogen functional groups attached to an aromatic ring is 1. The number of aromatic nitrogens is 5. The number of hydrogen-bond donors (Lipinski definition) is 1. The molecule has 8 heteroatoms. The molecule has 0 fully saturated rings. The first-order chi connectivity index (χ1) is 15.5. The van der Waals surface area contributed by atoms with Crippen molar-refractivity contribution in [1.82, 2.24) is 24.1 Å². The van der Waals surface area contributed by atoms with Gasteiger partial charge in [-0.2, -0.15) is 0 Å². The molecule has 3 aromatic heterocycles. The molecule has 0 atom stereocenters. The number of rotatable bonds is 4. The molecule has 0 aliphatic heterocycles. The zero-order chi connectivity index (χ0) is 22.4. The molecule has 0 unspecified atom stereocenters. The minimum atomic E-state index is -0.288. The molecule has 0 saturated heterocycles. The Morgan fingerprint density at radius 3 is 2.47 bits per heavy atom. The Kier molecular flexibility index (Phi) is 4.62. The van der Waals surface area contributed by atoms with Gasteiger partial charge in [0.05, 0.1) is 36.0 Å². The Bertz CT molecular complexity index is 1450. The maximum atomic E-state index is 13.3. The largest absolute Gasteiger partial charge is 0.479 e. The molecule has 2 N–H and O–H groups in total. The Labute approximate surface area is 183 Å². The van der Waals surface area contributed by atoms with Crippen LogP contribution in [0.4, 0.5) is 10.1 Å². The van der Waals surface area contributed by atoms with Gasteiger partial charge in [-0.3, -0.25) is 0 Å². The Morgan fingerprint density at radius 2 is 1.78 bits per heavy atom. The third-order valence-corrected chi connectivity index (χ3v) is 5.49. The van der Waals surface area contributed by atoms with E-state index in [2.05, 4.69) is 9.97 Å². The van der Waals surface area contributed by atoms with Gasteiger partial charge >= 0.3 is 0 Å². The van der Waals surface area contributed by atoms with Gasteiger partial charge in [0.15, 0.2) is 0 Å². The molecule has 3 heterocycles. The van der Waals surface area contributed by atoms with Gasteiger partial charge in [0, 0.05) is 24.4 Å². The number of methoxy groups -OCH3 is 1. The monoisotopic (exact) mass is 428 g/mol. The summed E-state index contributed by atoms with van der Waals surface area (Å²) < 4.78 is 22.7. The number of fused-ring (bicyclic) bond motifs is 1. The van der Waals surface area contributed by atoms with E-state index in [0.717, 1.165) is 28.0 Å². The molecule has 0 bridgehead atoms. The number of benzene rings is 2. The minimum absolute atomic E-state index is 0.288. The average Bonchev–Trinajstić information content (AvgIpc) is 3.38. The second kappa shape index (κ2) is 7.49. The zero-order valence-corrected chi connectivity index (χ0v) is 17.9. The summed E-state index contributed by atoms with van der Waals surface area (Å²) in [7, 11) is 3.50. The molecule has 0 aliphatic rings. The highest BCUT2D eigenvalue weighted by Gasteiger charge is 2.17. The lowest BCUT2D eigenvalue weighted by atomic mass is 10.1. The van der Waals surface area contributed by atoms with Crippen LogP contribution < -0.4 is 10.5 Å². The second-order valence-corrected chi connectivity index (χ2v) is 7.54. The molecule has 0 saturated carbocycles. The van der Waals surface area contributed by atoms with Crippen molar-refractivity contribution < 1.29 is 9.13 Å². The van der Waals surface area contributed by atoms with Gasteiger partial charge in [0.1, 0.15) is 22.8 Å². The van der Waals surface area contributed by atoms with E-state index in [0.29, 0.717) is 28.6 Å². The first-order valence-electron chi connectivity index (χ1n) is 10.0. The van der Waals surface area contributed by atoms with E-state index in [9.17, 15) is 4.39 Å². The minimum Gasteiger partial charge on any atom is -0.479 e. The molecule has 0 radical (unpaired) electrons. The van der Waals surface area contributed by atoms with E-state index >= 15 is 0 Å². The summed E-state index contributed by atoms with van der Waals surface area (Å²) >= 11 is 0. The van der Waals surface area contributed by atoms with Crippen LogP contribution in [0.3, 0.4) is 0 Å². The molecule has 32 heavy (non-hydrogen) atoms. The summed E-state index contributed by atoms with van der Waals surface area (Å²) in [6, 6.07) is 14.0. The van der Waals surface area contributed by atoms with E-state index in [1.165, 1.54) is 12.1 Å². The van der Waals surface area contributed by atoms with E-state index in [-0.39, 0.29) is 5.82 Å². The number of imidazole rings is 2. The molecule has 7 nitrogen and oxygen atoms in total. The first kappa shape index (κ1) is 19.7. The molecule has 2 aromatic carbocycles. The molecule has 0 amide bonds. The van der Waals surface area contributed by atoms with Crippen LogP contribution in [0.15, 0.2) is 61.1 Å². The van der Waals surface area contributed by atoms with Gasteiger partial charge in [-0.05, 0) is 55.5 Å². The normalized spacial score (nSPS) is 11.2. The summed E-state index contributed by atoms with van der Waals surface area (Å²) in [5.41, 5.74) is 12.5. The third kappa shape index (κ3) is 3.17. The number of pyridine rings is 1. The number of ether oxygens (including phenoxy) is 1. The van der Waals surface area contributed by atoms with Gasteiger partial charge < -0.3 is 19.6 Å². The van der Waals surface area contributed by atoms with Crippen LogP contribution in [0.2, 0.25) is 0 Å². The lowest BCUT2D eigenvalue weighted by Crippen LogP contribution is -2.00. The number of nitrogens with zero attached hydrogens (tertiary/aromatic N) is 5. The van der Waals surface area contributed by atoms with Gasteiger partial charge in [-0.15, -0.1) is 0 Å². The summed E-state index contributed by atoms with van der Waals surface area (Å²) in [6.07, 6.45) is 3.63. The fraction of sp³-hybridized carbons (Fsp3) is 0.125. The molecular formula is C24H21FN6O. The topological polar surface area (TPSA) is 83.8 Å². The van der Waals surface area contributed by atoms with Gasteiger partial charge in [-0.25, -0.2) is 19.3 Å². The van der Waals surface area contributed by atoms with Crippen molar-refractivity contribution in [2.24, 2.45) is 7.05 Å². The number of halogens is 1. The van der Waals surface area contributed by atoms with Crippen molar-refractivity contribution in [3.63, 3.8) is 0 Å². The quantitative estimate of drug-likeness (QED) is 0.425. The first-order valence-corrected chi connectivity index (χ1v) is 10.0. The SMILES string of the molecule is COc1nc(-c2ccc3c(nc(-c4ccc(F)cc4)n3C)c2N)ccc1-n1cnc(C)c1. The van der Waals surface area contributed by atoms with Crippen molar-refractivity contribution in [2.75, 3.05) is 12.8 Å². The lowest BCUT2D eigenvalue weighted by Gasteiger charge is -2.12. The van der Waals surface area contributed by atoms with Crippen molar-refractivity contribution in [3.05, 3.63) is 72.6 Å². The number of anilines is 1. The van der Waals surface area contributed by atoms with Crippen LogP contribution in [0.1, 0.15) is 5.69 Å². The fourth-order valence-electron chi connectivity index (χ4n) is 3.84. The molecule has 160 valence electrons. The van der Waals surface area contributed by atoms with E-state index in [1.54, 1.807) is 25.6 Å². The molecule has 5 rings (SSSR count). The molecule has 5 aromatic rings. The molecular weight excluding hydrogens is 407 g/mol. The number of aryl methyl sites for hydroxylation is 2. The summed E-state index contributed by atoms with van der Waals surface area (Å²) in [4.78, 5) is 13.7. The third-order valence-electron chi connectivity index (χ3n) is 5.49. The van der Waals surface area contributed by atoms with Crippen molar-refractivity contribution in [1.29, 1.82) is 0 Å².